The second kappa shape index (κ2) is 15.2. The van der Waals surface area contributed by atoms with Crippen molar-refractivity contribution >= 4 is 73.5 Å². The Hall–Kier alpha value is -0.780. The second-order valence-corrected chi connectivity index (χ2v) is 21.4. The lowest BCUT2D eigenvalue weighted by Crippen LogP contribution is -2.35. The number of hydrogen-bond acceptors (Lipinski definition) is 3. The first kappa shape index (κ1) is 37.0. The minimum absolute atomic E-state index is 0.295. The SMILES string of the molecule is CC(C)c1cccc(C(C)C)c1N1P(Cl)N(c2c(C(C)C)cccc2C(C)C)P(Cl)N(c2c(C(C)C)cccc2C(C)C)P1Cl. The number of para-hydroxylation sites is 3. The van der Waals surface area contributed by atoms with Gasteiger partial charge < -0.3 is 0 Å². The van der Waals surface area contributed by atoms with Crippen molar-refractivity contribution < 1.29 is 0 Å². The van der Waals surface area contributed by atoms with Gasteiger partial charge in [0.25, 0.3) is 0 Å². The Bertz CT molecular complexity index is 1210. The van der Waals surface area contributed by atoms with Crippen LogP contribution >= 0.6 is 56.4 Å². The number of hydrogen-bond donors (Lipinski definition) is 0. The lowest BCUT2D eigenvalue weighted by Gasteiger charge is -2.54. The maximum Gasteiger partial charge on any atom is 0.209 e. The summed E-state index contributed by atoms with van der Waals surface area (Å²) in [4.78, 5) is 0. The van der Waals surface area contributed by atoms with E-state index in [0.29, 0.717) is 35.5 Å². The second-order valence-electron chi connectivity index (χ2n) is 13.9. The molecule has 0 saturated carbocycles. The predicted molar refractivity (Wildman–Crippen MR) is 210 cm³/mol. The van der Waals surface area contributed by atoms with Crippen molar-refractivity contribution in [3.05, 3.63) is 88.0 Å². The maximum atomic E-state index is 7.93. The molecule has 1 heterocycles. The molecule has 4 rings (SSSR count). The Morgan fingerprint density at radius 2 is 0.511 bits per heavy atom. The van der Waals surface area contributed by atoms with E-state index in [9.17, 15) is 0 Å². The molecule has 3 nitrogen and oxygen atoms in total. The van der Waals surface area contributed by atoms with E-state index < -0.39 is 22.7 Å². The molecule has 0 aliphatic carbocycles. The van der Waals surface area contributed by atoms with Gasteiger partial charge in [-0.25, -0.2) is 0 Å². The fraction of sp³-hybridized carbons (Fsp3) is 0.500. The highest BCUT2D eigenvalue weighted by Gasteiger charge is 2.50. The molecule has 0 amide bonds. The van der Waals surface area contributed by atoms with Crippen LogP contribution < -0.4 is 13.3 Å². The Balaban J connectivity index is 2.16. The summed E-state index contributed by atoms with van der Waals surface area (Å²) in [5.41, 5.74) is 11.1. The van der Waals surface area contributed by atoms with Crippen molar-refractivity contribution in [3.63, 3.8) is 0 Å². The quantitative estimate of drug-likeness (QED) is 0.203. The van der Waals surface area contributed by atoms with E-state index in [4.69, 9.17) is 33.7 Å². The number of anilines is 3. The molecule has 3 aromatic rings. The van der Waals surface area contributed by atoms with Gasteiger partial charge in [-0.15, -0.1) is 0 Å². The minimum atomic E-state index is -1.49. The monoisotopic (exact) mass is 723 g/mol. The zero-order chi connectivity index (χ0) is 33.5. The summed E-state index contributed by atoms with van der Waals surface area (Å²) in [5, 5.41) is 0. The van der Waals surface area contributed by atoms with E-state index in [1.807, 2.05) is 0 Å². The first-order chi connectivity index (χ1) is 21.1. The minimum Gasteiger partial charge on any atom is -0.268 e. The lowest BCUT2D eigenvalue weighted by molar-refractivity contribution is 0.833. The Morgan fingerprint density at radius 1 is 0.356 bits per heavy atom. The standard InChI is InChI=1S/C36H51Cl3N3P3/c1-22(2)28-16-13-17-29(23(3)4)34(28)40-43(37)41(35-30(24(5)6)18-14-19-31(35)25(7)8)45(39)42(44(40)38)36-32(26(9)10)20-15-21-33(36)27(11)12/h13-27H,1-12H3. The van der Waals surface area contributed by atoms with Gasteiger partial charge >= 0.3 is 0 Å². The van der Waals surface area contributed by atoms with Crippen LogP contribution in [0.1, 0.15) is 152 Å². The van der Waals surface area contributed by atoms with Crippen molar-refractivity contribution in [2.45, 2.75) is 119 Å². The summed E-state index contributed by atoms with van der Waals surface area (Å²) in [6.45, 7) is 27.2. The Morgan fingerprint density at radius 3 is 0.644 bits per heavy atom. The highest BCUT2D eigenvalue weighted by atomic mass is 35.7. The normalized spacial score (nSPS) is 19.4. The fourth-order valence-electron chi connectivity index (χ4n) is 6.15. The summed E-state index contributed by atoms with van der Waals surface area (Å²) in [5.74, 6) is 1.77. The van der Waals surface area contributed by atoms with E-state index in [0.717, 1.165) is 0 Å². The van der Waals surface area contributed by atoms with Gasteiger partial charge in [0.1, 0.15) is 0 Å². The average molecular weight is 725 g/mol. The van der Waals surface area contributed by atoms with Crippen molar-refractivity contribution in [1.82, 2.24) is 0 Å². The number of nitrogens with zero attached hydrogens (tertiary/aromatic N) is 3. The summed E-state index contributed by atoms with van der Waals surface area (Å²) in [6.07, 6.45) is 0. The molecule has 9 heteroatoms. The van der Waals surface area contributed by atoms with Crippen molar-refractivity contribution in [2.24, 2.45) is 0 Å². The van der Waals surface area contributed by atoms with Gasteiger partial charge in [-0.1, -0.05) is 138 Å². The molecule has 0 bridgehead atoms. The van der Waals surface area contributed by atoms with Crippen LogP contribution in [0, 0.1) is 0 Å². The molecule has 0 unspecified atom stereocenters. The largest absolute Gasteiger partial charge is 0.268 e. The molecule has 0 aromatic heterocycles. The first-order valence-corrected chi connectivity index (χ1v) is 22.7. The predicted octanol–water partition coefficient (Wildman–Crippen LogP) is 15.7. The molecule has 0 radical (unpaired) electrons. The van der Waals surface area contributed by atoms with Crippen molar-refractivity contribution in [3.8, 4) is 0 Å². The van der Waals surface area contributed by atoms with Crippen molar-refractivity contribution in [2.75, 3.05) is 13.3 Å². The van der Waals surface area contributed by atoms with Crippen LogP contribution in [-0.2, 0) is 0 Å². The number of benzene rings is 3. The number of rotatable bonds is 9. The molecule has 1 fully saturated rings. The van der Waals surface area contributed by atoms with Crippen LogP contribution in [0.25, 0.3) is 0 Å². The average Bonchev–Trinajstić information content (AvgIpc) is 2.96. The molecule has 0 spiro atoms. The van der Waals surface area contributed by atoms with Gasteiger partial charge in [0.05, 0.1) is 17.1 Å². The molecular formula is C36H51Cl3N3P3. The van der Waals surface area contributed by atoms with Crippen LogP contribution in [0.15, 0.2) is 54.6 Å². The fourth-order valence-corrected chi connectivity index (χ4v) is 18.2. The zero-order valence-electron chi connectivity index (χ0n) is 29.0. The van der Waals surface area contributed by atoms with Gasteiger partial charge in [-0.3, -0.25) is 13.3 Å². The van der Waals surface area contributed by atoms with Crippen LogP contribution in [0.3, 0.4) is 0 Å². The third-order valence-corrected chi connectivity index (χ3v) is 19.3. The summed E-state index contributed by atoms with van der Waals surface area (Å²) < 4.78 is 7.13. The molecular weight excluding hydrogens is 674 g/mol. The van der Waals surface area contributed by atoms with Gasteiger partial charge in [0, 0.05) is 0 Å². The van der Waals surface area contributed by atoms with Crippen molar-refractivity contribution in [1.29, 1.82) is 0 Å². The Labute approximate surface area is 292 Å². The maximum absolute atomic E-state index is 7.93. The van der Waals surface area contributed by atoms with E-state index in [1.54, 1.807) is 0 Å². The van der Waals surface area contributed by atoms with Gasteiger partial charge in [-0.2, -0.15) is 0 Å². The van der Waals surface area contributed by atoms with Gasteiger partial charge in [0.2, 0.25) is 22.7 Å². The molecule has 1 aliphatic rings. The van der Waals surface area contributed by atoms with E-state index >= 15 is 0 Å². The lowest BCUT2D eigenvalue weighted by atomic mass is 9.93. The van der Waals surface area contributed by atoms with Gasteiger partial charge in [0.15, 0.2) is 0 Å². The molecule has 1 saturated heterocycles. The van der Waals surface area contributed by atoms with Crippen LogP contribution in [-0.4, -0.2) is 0 Å². The third-order valence-electron chi connectivity index (χ3n) is 8.57. The van der Waals surface area contributed by atoms with E-state index in [2.05, 4.69) is 151 Å². The summed E-state index contributed by atoms with van der Waals surface area (Å²) in [6, 6.07) is 20.1. The highest BCUT2D eigenvalue weighted by Crippen LogP contribution is 2.84. The summed E-state index contributed by atoms with van der Waals surface area (Å²) >= 11 is 23.8. The first-order valence-electron chi connectivity index (χ1n) is 16.3. The third kappa shape index (κ3) is 7.17. The zero-order valence-corrected chi connectivity index (χ0v) is 33.9. The Kier molecular flexibility index (Phi) is 12.5. The molecule has 3 aromatic carbocycles. The van der Waals surface area contributed by atoms with Crippen LogP contribution in [0.5, 0.6) is 0 Å². The highest BCUT2D eigenvalue weighted by molar-refractivity contribution is 8.15. The molecule has 246 valence electrons. The topological polar surface area (TPSA) is 9.72 Å². The van der Waals surface area contributed by atoms with Crippen LogP contribution in [0.4, 0.5) is 17.1 Å². The summed E-state index contributed by atoms with van der Waals surface area (Å²) in [7, 11) is -4.47. The van der Waals surface area contributed by atoms with E-state index in [1.165, 1.54) is 50.4 Å². The molecule has 0 N–H and O–H groups in total. The van der Waals surface area contributed by atoms with Crippen LogP contribution in [0.2, 0.25) is 0 Å². The van der Waals surface area contributed by atoms with Gasteiger partial charge in [-0.05, 0) is 103 Å². The molecule has 45 heavy (non-hydrogen) atoms. The molecule has 0 atom stereocenters. The number of halogens is 3. The van der Waals surface area contributed by atoms with E-state index in [-0.39, 0.29) is 0 Å². The molecule has 1 aliphatic heterocycles. The smallest absolute Gasteiger partial charge is 0.209 e.